The number of nitrogens with two attached hydrogens (primary N) is 1. The first-order valence-electron chi connectivity index (χ1n) is 7.61. The van der Waals surface area contributed by atoms with Crippen molar-refractivity contribution < 1.29 is 4.79 Å². The van der Waals surface area contributed by atoms with Crippen LogP contribution in [0.25, 0.3) is 0 Å². The van der Waals surface area contributed by atoms with E-state index < -0.39 is 0 Å². The highest BCUT2D eigenvalue weighted by atomic mass is 79.9. The lowest BCUT2D eigenvalue weighted by Gasteiger charge is -2.27. The van der Waals surface area contributed by atoms with E-state index in [-0.39, 0.29) is 17.4 Å². The summed E-state index contributed by atoms with van der Waals surface area (Å²) in [5.74, 6) is 0.505. The molecule has 1 atom stereocenters. The monoisotopic (exact) mass is 352 g/mol. The third kappa shape index (κ3) is 4.07. The van der Waals surface area contributed by atoms with Gasteiger partial charge in [-0.3, -0.25) is 4.79 Å². The maximum absolute atomic E-state index is 12.4. The average Bonchev–Trinajstić information content (AvgIpc) is 3.18. The van der Waals surface area contributed by atoms with Crippen LogP contribution in [0, 0.1) is 5.92 Å². The van der Waals surface area contributed by atoms with Gasteiger partial charge in [0.2, 0.25) is 5.91 Å². The Morgan fingerprint density at radius 2 is 1.90 bits per heavy atom. The zero-order chi connectivity index (χ0) is 15.6. The van der Waals surface area contributed by atoms with E-state index in [1.54, 1.807) is 0 Å². The van der Waals surface area contributed by atoms with E-state index in [2.05, 4.69) is 54.0 Å². The largest absolute Gasteiger partial charge is 0.344 e. The van der Waals surface area contributed by atoms with Crippen LogP contribution in [0.3, 0.4) is 0 Å². The second-order valence-corrected chi connectivity index (χ2v) is 7.63. The summed E-state index contributed by atoms with van der Waals surface area (Å²) < 4.78 is 1.09. The molecule has 2 N–H and O–H groups in total. The number of halogens is 1. The third-order valence-corrected chi connectivity index (χ3v) is 4.80. The summed E-state index contributed by atoms with van der Waals surface area (Å²) >= 11 is 3.47. The Labute approximate surface area is 136 Å². The van der Waals surface area contributed by atoms with E-state index in [0.29, 0.717) is 5.92 Å². The van der Waals surface area contributed by atoms with Crippen molar-refractivity contribution in [2.45, 2.75) is 44.6 Å². The number of rotatable bonds is 6. The summed E-state index contributed by atoms with van der Waals surface area (Å²) in [7, 11) is 1.88. The second kappa shape index (κ2) is 6.49. The number of carbonyl (C=O) groups is 1. The van der Waals surface area contributed by atoms with E-state index >= 15 is 0 Å². The summed E-state index contributed by atoms with van der Waals surface area (Å²) in [6.07, 6.45) is 3.03. The summed E-state index contributed by atoms with van der Waals surface area (Å²) in [6.45, 7) is 4.95. The molecule has 1 amide bonds. The Hall–Kier alpha value is -0.870. The molecule has 1 saturated carbocycles. The lowest BCUT2D eigenvalue weighted by molar-refractivity contribution is -0.132. The number of likely N-dealkylation sites (N-methyl/N-ethyl adjacent to an activating group) is 1. The van der Waals surface area contributed by atoms with E-state index in [9.17, 15) is 4.79 Å². The molecule has 1 aromatic rings. The Bertz CT molecular complexity index is 494. The fourth-order valence-electron chi connectivity index (χ4n) is 2.92. The van der Waals surface area contributed by atoms with Gasteiger partial charge in [-0.25, -0.2) is 0 Å². The minimum atomic E-state index is -0.379. The molecule has 3 nitrogen and oxygen atoms in total. The van der Waals surface area contributed by atoms with Crippen LogP contribution in [-0.2, 0) is 10.2 Å². The molecule has 0 aliphatic heterocycles. The first kappa shape index (κ1) is 16.5. The van der Waals surface area contributed by atoms with E-state index in [4.69, 9.17) is 5.73 Å². The molecule has 1 aliphatic carbocycles. The van der Waals surface area contributed by atoms with Gasteiger partial charge in [-0.15, -0.1) is 0 Å². The Morgan fingerprint density at radius 1 is 1.33 bits per heavy atom. The highest BCUT2D eigenvalue weighted by Gasteiger charge is 2.45. The molecule has 0 unspecified atom stereocenters. The van der Waals surface area contributed by atoms with Crippen molar-refractivity contribution in [2.24, 2.45) is 11.7 Å². The van der Waals surface area contributed by atoms with Crippen LogP contribution >= 0.6 is 15.9 Å². The fraction of sp³-hybridized carbons (Fsp3) is 0.588. The van der Waals surface area contributed by atoms with Crippen molar-refractivity contribution in [2.75, 3.05) is 13.6 Å². The van der Waals surface area contributed by atoms with Crippen LogP contribution in [0.2, 0.25) is 0 Å². The minimum Gasteiger partial charge on any atom is -0.344 e. The van der Waals surface area contributed by atoms with Crippen LogP contribution < -0.4 is 5.73 Å². The predicted molar refractivity (Wildman–Crippen MR) is 90.1 cm³/mol. The highest BCUT2D eigenvalue weighted by molar-refractivity contribution is 9.10. The molecule has 1 aliphatic rings. The van der Waals surface area contributed by atoms with Crippen molar-refractivity contribution in [1.29, 1.82) is 0 Å². The molecule has 21 heavy (non-hydrogen) atoms. The maximum Gasteiger partial charge on any atom is 0.239 e. The Kier molecular flexibility index (Phi) is 5.10. The SMILES string of the molecule is CC(C)C[C@H](N)C(=O)N(C)CC1(c2ccc(Br)cc2)CC1. The minimum absolute atomic E-state index is 0.0621. The maximum atomic E-state index is 12.4. The number of hydrogen-bond acceptors (Lipinski definition) is 2. The van der Waals surface area contributed by atoms with Crippen LogP contribution in [0.4, 0.5) is 0 Å². The van der Waals surface area contributed by atoms with Crippen LogP contribution in [-0.4, -0.2) is 30.4 Å². The Morgan fingerprint density at radius 3 is 2.38 bits per heavy atom. The van der Waals surface area contributed by atoms with Gasteiger partial charge >= 0.3 is 0 Å². The van der Waals surface area contributed by atoms with Gasteiger partial charge in [-0.1, -0.05) is 41.9 Å². The molecule has 0 radical (unpaired) electrons. The van der Waals surface area contributed by atoms with E-state index in [0.717, 1.165) is 30.3 Å². The topological polar surface area (TPSA) is 46.3 Å². The van der Waals surface area contributed by atoms with Gasteiger partial charge in [0.25, 0.3) is 0 Å². The number of amides is 1. The van der Waals surface area contributed by atoms with Gasteiger partial charge < -0.3 is 10.6 Å². The normalized spacial score (nSPS) is 17.6. The molecule has 1 aromatic carbocycles. The highest BCUT2D eigenvalue weighted by Crippen LogP contribution is 2.48. The van der Waals surface area contributed by atoms with Gasteiger partial charge in [0.1, 0.15) is 0 Å². The number of carbonyl (C=O) groups excluding carboxylic acids is 1. The molecule has 0 bridgehead atoms. The number of hydrogen-bond donors (Lipinski definition) is 1. The third-order valence-electron chi connectivity index (χ3n) is 4.27. The van der Waals surface area contributed by atoms with Crippen molar-refractivity contribution in [3.63, 3.8) is 0 Å². The molecule has 116 valence electrons. The lowest BCUT2D eigenvalue weighted by atomic mass is 9.95. The first-order valence-corrected chi connectivity index (χ1v) is 8.40. The Balaban J connectivity index is 2.00. The standard InChI is InChI=1S/C17H25BrN2O/c1-12(2)10-15(19)16(21)20(3)11-17(8-9-17)13-4-6-14(18)7-5-13/h4-7,12,15H,8-11,19H2,1-3H3/t15-/m0/s1. The summed E-state index contributed by atoms with van der Waals surface area (Å²) in [5.41, 5.74) is 7.48. The van der Waals surface area contributed by atoms with Gasteiger partial charge in [0, 0.05) is 23.5 Å². The van der Waals surface area contributed by atoms with Crippen molar-refractivity contribution in [1.82, 2.24) is 4.90 Å². The van der Waals surface area contributed by atoms with Gasteiger partial charge in [-0.2, -0.15) is 0 Å². The first-order chi connectivity index (χ1) is 9.84. The van der Waals surface area contributed by atoms with E-state index in [1.165, 1.54) is 5.56 Å². The average molecular weight is 353 g/mol. The molecular weight excluding hydrogens is 328 g/mol. The molecular formula is C17H25BrN2O. The van der Waals surface area contributed by atoms with Crippen molar-refractivity contribution in [3.8, 4) is 0 Å². The number of nitrogens with zero attached hydrogens (tertiary/aromatic N) is 1. The molecule has 1 fully saturated rings. The zero-order valence-corrected chi connectivity index (χ0v) is 14.7. The van der Waals surface area contributed by atoms with E-state index in [1.807, 2.05) is 11.9 Å². The van der Waals surface area contributed by atoms with Gasteiger partial charge in [0.15, 0.2) is 0 Å². The van der Waals surface area contributed by atoms with Gasteiger partial charge in [0.05, 0.1) is 6.04 Å². The lowest BCUT2D eigenvalue weighted by Crippen LogP contribution is -2.45. The fourth-order valence-corrected chi connectivity index (χ4v) is 3.18. The molecule has 0 heterocycles. The molecule has 0 spiro atoms. The second-order valence-electron chi connectivity index (χ2n) is 6.72. The molecule has 4 heteroatoms. The summed E-state index contributed by atoms with van der Waals surface area (Å²) in [4.78, 5) is 14.2. The van der Waals surface area contributed by atoms with Crippen LogP contribution in [0.15, 0.2) is 28.7 Å². The zero-order valence-electron chi connectivity index (χ0n) is 13.1. The smallest absolute Gasteiger partial charge is 0.239 e. The summed E-state index contributed by atoms with van der Waals surface area (Å²) in [6, 6.07) is 8.08. The van der Waals surface area contributed by atoms with Crippen LogP contribution in [0.1, 0.15) is 38.7 Å². The molecule has 0 aromatic heterocycles. The molecule has 2 rings (SSSR count). The summed E-state index contributed by atoms with van der Waals surface area (Å²) in [5, 5.41) is 0. The quantitative estimate of drug-likeness (QED) is 0.853. The van der Waals surface area contributed by atoms with Gasteiger partial charge in [-0.05, 0) is 42.9 Å². The predicted octanol–water partition coefficient (Wildman–Crippen LogP) is 3.31. The molecule has 0 saturated heterocycles. The number of benzene rings is 1. The van der Waals surface area contributed by atoms with Crippen molar-refractivity contribution in [3.05, 3.63) is 34.3 Å². The van der Waals surface area contributed by atoms with Crippen molar-refractivity contribution >= 4 is 21.8 Å². The van der Waals surface area contributed by atoms with Crippen LogP contribution in [0.5, 0.6) is 0 Å².